The van der Waals surface area contributed by atoms with Crippen molar-refractivity contribution in [2.45, 2.75) is 39.8 Å². The predicted molar refractivity (Wildman–Crippen MR) is 92.5 cm³/mol. The third-order valence-corrected chi connectivity index (χ3v) is 5.25. The molecule has 3 aromatic rings. The summed E-state index contributed by atoms with van der Waals surface area (Å²) in [6.07, 6.45) is 1.70. The number of nitrogens with one attached hydrogen (secondary N) is 1. The Kier molecular flexibility index (Phi) is 3.93. The second-order valence-electron chi connectivity index (χ2n) is 6.19. The highest BCUT2D eigenvalue weighted by Crippen LogP contribution is 2.27. The minimum Gasteiger partial charge on any atom is -0.343 e. The smallest absolute Gasteiger partial charge is 0.240 e. The molecule has 0 unspecified atom stereocenters. The molecule has 2 aromatic heterocycles. The lowest BCUT2D eigenvalue weighted by atomic mass is 10.1. The van der Waals surface area contributed by atoms with Gasteiger partial charge in [0.2, 0.25) is 5.91 Å². The number of nitrogens with zero attached hydrogens (tertiary/aromatic N) is 3. The van der Waals surface area contributed by atoms with Gasteiger partial charge in [-0.25, -0.2) is 9.97 Å². The van der Waals surface area contributed by atoms with Gasteiger partial charge in [0.15, 0.2) is 0 Å². The molecule has 2 heterocycles. The van der Waals surface area contributed by atoms with E-state index in [4.69, 9.17) is 0 Å². The van der Waals surface area contributed by atoms with Crippen LogP contribution in [0.25, 0.3) is 11.0 Å². The number of thiazole rings is 1. The van der Waals surface area contributed by atoms with Gasteiger partial charge < -0.3 is 9.88 Å². The maximum Gasteiger partial charge on any atom is 0.240 e. The Labute approximate surface area is 139 Å². The van der Waals surface area contributed by atoms with Crippen LogP contribution in [0, 0.1) is 13.8 Å². The van der Waals surface area contributed by atoms with Crippen LogP contribution in [-0.2, 0) is 16.9 Å². The first-order valence-corrected chi connectivity index (χ1v) is 8.34. The summed E-state index contributed by atoms with van der Waals surface area (Å²) in [5.41, 5.74) is 2.39. The van der Waals surface area contributed by atoms with E-state index in [0.29, 0.717) is 0 Å². The van der Waals surface area contributed by atoms with E-state index in [1.165, 1.54) is 4.88 Å². The van der Waals surface area contributed by atoms with Gasteiger partial charge in [0.05, 0.1) is 28.6 Å². The van der Waals surface area contributed by atoms with E-state index in [1.54, 1.807) is 17.7 Å². The Morgan fingerprint density at radius 1 is 1.30 bits per heavy atom. The Bertz CT molecular complexity index is 843. The summed E-state index contributed by atoms with van der Waals surface area (Å²) in [5, 5.41) is 4.00. The van der Waals surface area contributed by atoms with Crippen molar-refractivity contribution in [1.82, 2.24) is 19.9 Å². The average Bonchev–Trinajstić information content (AvgIpc) is 3.04. The van der Waals surface area contributed by atoms with E-state index < -0.39 is 5.54 Å². The van der Waals surface area contributed by atoms with Gasteiger partial charge in [0.1, 0.15) is 11.6 Å². The third kappa shape index (κ3) is 3.12. The van der Waals surface area contributed by atoms with Crippen LogP contribution in [0.3, 0.4) is 0 Å². The number of hydrogen-bond acceptors (Lipinski definition) is 4. The van der Waals surface area contributed by atoms with Crippen molar-refractivity contribution in [1.29, 1.82) is 0 Å². The lowest BCUT2D eigenvalue weighted by molar-refractivity contribution is -0.123. The van der Waals surface area contributed by atoms with Gasteiger partial charge in [-0.1, -0.05) is 12.1 Å². The van der Waals surface area contributed by atoms with E-state index in [-0.39, 0.29) is 12.5 Å². The third-order valence-electron chi connectivity index (χ3n) is 3.86. The number of rotatable bonds is 4. The van der Waals surface area contributed by atoms with Gasteiger partial charge in [-0.2, -0.15) is 0 Å². The molecule has 0 atom stereocenters. The maximum absolute atomic E-state index is 12.5. The van der Waals surface area contributed by atoms with Crippen molar-refractivity contribution in [2.24, 2.45) is 0 Å². The lowest BCUT2D eigenvalue weighted by Gasteiger charge is -2.24. The Morgan fingerprint density at radius 3 is 2.74 bits per heavy atom. The number of carbonyl (C=O) groups excluding carboxylic acids is 1. The van der Waals surface area contributed by atoms with Crippen LogP contribution in [0.4, 0.5) is 0 Å². The van der Waals surface area contributed by atoms with Crippen LogP contribution in [0.15, 0.2) is 30.6 Å². The second-order valence-corrected chi connectivity index (χ2v) is 7.40. The van der Waals surface area contributed by atoms with E-state index >= 15 is 0 Å². The minimum atomic E-state index is -0.489. The van der Waals surface area contributed by atoms with Crippen LogP contribution in [0.5, 0.6) is 0 Å². The molecule has 0 aliphatic heterocycles. The molecule has 0 saturated carbocycles. The molecule has 1 aromatic carbocycles. The molecule has 23 heavy (non-hydrogen) atoms. The highest BCUT2D eigenvalue weighted by atomic mass is 32.1. The molecule has 0 fully saturated rings. The molecule has 3 rings (SSSR count). The molecular formula is C17H20N4OS. The number of imidazole rings is 1. The number of para-hydroxylation sites is 2. The zero-order valence-electron chi connectivity index (χ0n) is 13.8. The van der Waals surface area contributed by atoms with Gasteiger partial charge >= 0.3 is 0 Å². The topological polar surface area (TPSA) is 59.8 Å². The van der Waals surface area contributed by atoms with Crippen LogP contribution in [0.1, 0.15) is 29.4 Å². The van der Waals surface area contributed by atoms with Gasteiger partial charge in [0.25, 0.3) is 0 Å². The summed E-state index contributed by atoms with van der Waals surface area (Å²) in [5.74, 6) is -0.0522. The number of carbonyl (C=O) groups is 1. The van der Waals surface area contributed by atoms with Crippen LogP contribution in [0.2, 0.25) is 0 Å². The molecule has 1 amide bonds. The van der Waals surface area contributed by atoms with Crippen molar-refractivity contribution in [3.05, 3.63) is 46.2 Å². The number of aromatic nitrogens is 3. The standard InChI is InChI=1S/C17H20N4OS/c1-11-12(2)23-16(19-11)17(3,4)20-15(22)9-21-10-18-13-7-5-6-8-14(13)21/h5-8,10H,9H2,1-4H3,(H,20,22). The number of benzene rings is 1. The van der Waals surface area contributed by atoms with E-state index in [0.717, 1.165) is 21.7 Å². The van der Waals surface area contributed by atoms with E-state index in [9.17, 15) is 4.79 Å². The number of hydrogen-bond donors (Lipinski definition) is 1. The number of fused-ring (bicyclic) bond motifs is 1. The Morgan fingerprint density at radius 2 is 2.04 bits per heavy atom. The van der Waals surface area contributed by atoms with Gasteiger partial charge in [0, 0.05) is 4.88 Å². The minimum absolute atomic E-state index is 0.0522. The highest BCUT2D eigenvalue weighted by Gasteiger charge is 2.27. The van der Waals surface area contributed by atoms with Gasteiger partial charge in [-0.3, -0.25) is 4.79 Å². The van der Waals surface area contributed by atoms with Crippen molar-refractivity contribution in [2.75, 3.05) is 0 Å². The molecule has 0 spiro atoms. The largest absolute Gasteiger partial charge is 0.343 e. The van der Waals surface area contributed by atoms with E-state index in [2.05, 4.69) is 15.3 Å². The van der Waals surface area contributed by atoms with Crippen molar-refractivity contribution in [3.8, 4) is 0 Å². The average molecular weight is 328 g/mol. The fourth-order valence-corrected chi connectivity index (χ4v) is 3.44. The first-order chi connectivity index (χ1) is 10.9. The molecule has 120 valence electrons. The normalized spacial score (nSPS) is 11.8. The molecule has 0 aliphatic carbocycles. The van der Waals surface area contributed by atoms with Crippen LogP contribution >= 0.6 is 11.3 Å². The zero-order chi connectivity index (χ0) is 16.6. The maximum atomic E-state index is 12.5. The summed E-state index contributed by atoms with van der Waals surface area (Å²) in [6.45, 7) is 8.24. The molecule has 1 N–H and O–H groups in total. The molecule has 0 saturated heterocycles. The Balaban J connectivity index is 1.76. The predicted octanol–water partition coefficient (Wildman–Crippen LogP) is 3.16. The second kappa shape index (κ2) is 5.77. The molecule has 0 radical (unpaired) electrons. The number of aryl methyl sites for hydroxylation is 2. The monoisotopic (exact) mass is 328 g/mol. The van der Waals surface area contributed by atoms with Crippen LogP contribution in [-0.4, -0.2) is 20.4 Å². The fourth-order valence-electron chi connectivity index (χ4n) is 2.47. The fraction of sp³-hybridized carbons (Fsp3) is 0.353. The summed E-state index contributed by atoms with van der Waals surface area (Å²) in [4.78, 5) is 22.5. The quantitative estimate of drug-likeness (QED) is 0.800. The number of amides is 1. The van der Waals surface area contributed by atoms with Gasteiger partial charge in [-0.05, 0) is 39.8 Å². The molecule has 0 bridgehead atoms. The van der Waals surface area contributed by atoms with Crippen molar-refractivity contribution in [3.63, 3.8) is 0 Å². The van der Waals surface area contributed by atoms with Crippen molar-refractivity contribution >= 4 is 28.3 Å². The Hall–Kier alpha value is -2.21. The first kappa shape index (κ1) is 15.7. The molecule has 5 nitrogen and oxygen atoms in total. The lowest BCUT2D eigenvalue weighted by Crippen LogP contribution is -2.42. The van der Waals surface area contributed by atoms with Gasteiger partial charge in [-0.15, -0.1) is 11.3 Å². The highest BCUT2D eigenvalue weighted by molar-refractivity contribution is 7.11. The van der Waals surface area contributed by atoms with Crippen LogP contribution < -0.4 is 5.32 Å². The molecular weight excluding hydrogens is 308 g/mol. The summed E-state index contributed by atoms with van der Waals surface area (Å²) in [6, 6.07) is 7.79. The molecule has 0 aliphatic rings. The summed E-state index contributed by atoms with van der Waals surface area (Å²) < 4.78 is 1.86. The summed E-state index contributed by atoms with van der Waals surface area (Å²) in [7, 11) is 0. The first-order valence-electron chi connectivity index (χ1n) is 7.52. The van der Waals surface area contributed by atoms with Crippen molar-refractivity contribution < 1.29 is 4.79 Å². The molecule has 6 heteroatoms. The summed E-state index contributed by atoms with van der Waals surface area (Å²) >= 11 is 1.63. The zero-order valence-corrected chi connectivity index (χ0v) is 14.6. The van der Waals surface area contributed by atoms with E-state index in [1.807, 2.05) is 56.5 Å². The SMILES string of the molecule is Cc1nc(C(C)(C)NC(=O)Cn2cnc3ccccc32)sc1C.